The molecular weight excluding hydrogens is 180 g/mol. The van der Waals surface area contributed by atoms with Gasteiger partial charge in [0, 0.05) is 21.6 Å². The molecule has 1 rings (SSSR count). The summed E-state index contributed by atoms with van der Waals surface area (Å²) in [4.78, 5) is 14.1. The first-order chi connectivity index (χ1) is 6.02. The van der Waals surface area contributed by atoms with E-state index < -0.39 is 0 Å². The van der Waals surface area contributed by atoms with Crippen LogP contribution in [0.2, 0.25) is 0 Å². The maximum absolute atomic E-state index is 11.7. The van der Waals surface area contributed by atoms with Gasteiger partial charge in [0.25, 0.3) is 0 Å². The zero-order chi connectivity index (χ0) is 10.0. The van der Waals surface area contributed by atoms with Crippen LogP contribution in [0, 0.1) is 12.8 Å². The molecule has 1 aromatic rings. The van der Waals surface area contributed by atoms with Gasteiger partial charge in [0.2, 0.25) is 0 Å². The normalized spacial score (nSPS) is 13.3. The standard InChI is InChI=1S/C11H16OS/c1-7(2)11(12)9(4)10-6-5-8(3)13-10/h5-7,9H,1-4H3. The molecule has 0 aliphatic heterocycles. The van der Waals surface area contributed by atoms with E-state index >= 15 is 0 Å². The van der Waals surface area contributed by atoms with E-state index in [1.54, 1.807) is 11.3 Å². The van der Waals surface area contributed by atoms with Gasteiger partial charge in [-0.1, -0.05) is 20.8 Å². The number of ketones is 1. The Kier molecular flexibility index (Phi) is 3.26. The van der Waals surface area contributed by atoms with Crippen LogP contribution in [0.25, 0.3) is 0 Å². The molecule has 0 fully saturated rings. The van der Waals surface area contributed by atoms with Gasteiger partial charge >= 0.3 is 0 Å². The van der Waals surface area contributed by atoms with Crippen LogP contribution < -0.4 is 0 Å². The zero-order valence-electron chi connectivity index (χ0n) is 8.63. The minimum absolute atomic E-state index is 0.0682. The third-order valence-electron chi connectivity index (χ3n) is 2.18. The van der Waals surface area contributed by atoms with E-state index in [9.17, 15) is 4.79 Å². The van der Waals surface area contributed by atoms with Crippen LogP contribution in [-0.2, 0) is 4.79 Å². The Morgan fingerprint density at radius 3 is 2.31 bits per heavy atom. The molecule has 0 radical (unpaired) electrons. The molecule has 1 atom stereocenters. The molecule has 13 heavy (non-hydrogen) atoms. The number of Topliss-reactive ketones (excluding diaryl/α,β-unsaturated/α-hetero) is 1. The van der Waals surface area contributed by atoms with Crippen molar-refractivity contribution in [2.24, 2.45) is 5.92 Å². The minimum Gasteiger partial charge on any atom is -0.299 e. The van der Waals surface area contributed by atoms with Gasteiger partial charge in [0.05, 0.1) is 0 Å². The van der Waals surface area contributed by atoms with Gasteiger partial charge in [0.1, 0.15) is 5.78 Å². The van der Waals surface area contributed by atoms with Crippen molar-refractivity contribution in [2.45, 2.75) is 33.6 Å². The van der Waals surface area contributed by atoms with Crippen molar-refractivity contribution in [1.29, 1.82) is 0 Å². The van der Waals surface area contributed by atoms with E-state index in [-0.39, 0.29) is 11.8 Å². The van der Waals surface area contributed by atoms with Gasteiger partial charge in [-0.15, -0.1) is 11.3 Å². The molecule has 0 aliphatic carbocycles. The summed E-state index contributed by atoms with van der Waals surface area (Å²) >= 11 is 1.72. The van der Waals surface area contributed by atoms with Crippen LogP contribution in [-0.4, -0.2) is 5.78 Å². The Morgan fingerprint density at radius 1 is 1.31 bits per heavy atom. The Morgan fingerprint density at radius 2 is 1.92 bits per heavy atom. The maximum Gasteiger partial charge on any atom is 0.143 e. The molecule has 1 nitrogen and oxygen atoms in total. The van der Waals surface area contributed by atoms with Crippen molar-refractivity contribution < 1.29 is 4.79 Å². The molecule has 0 aliphatic rings. The number of aryl methyl sites for hydroxylation is 1. The summed E-state index contributed by atoms with van der Waals surface area (Å²) in [6.07, 6.45) is 0. The smallest absolute Gasteiger partial charge is 0.143 e. The fourth-order valence-corrected chi connectivity index (χ4v) is 2.26. The highest BCUT2D eigenvalue weighted by Crippen LogP contribution is 2.26. The first-order valence-corrected chi connectivity index (χ1v) is 5.44. The third kappa shape index (κ3) is 2.41. The summed E-state index contributed by atoms with van der Waals surface area (Å²) in [5.74, 6) is 0.540. The van der Waals surface area contributed by atoms with Crippen LogP contribution >= 0.6 is 11.3 Å². The van der Waals surface area contributed by atoms with E-state index in [2.05, 4.69) is 19.1 Å². The molecule has 1 aromatic heterocycles. The van der Waals surface area contributed by atoms with Gasteiger partial charge in [-0.3, -0.25) is 4.79 Å². The minimum atomic E-state index is 0.0682. The zero-order valence-corrected chi connectivity index (χ0v) is 9.44. The summed E-state index contributed by atoms with van der Waals surface area (Å²) in [6.45, 7) is 7.98. The van der Waals surface area contributed by atoms with E-state index in [4.69, 9.17) is 0 Å². The maximum atomic E-state index is 11.7. The summed E-state index contributed by atoms with van der Waals surface area (Å²) in [6, 6.07) is 4.13. The van der Waals surface area contributed by atoms with Crippen LogP contribution in [0.15, 0.2) is 12.1 Å². The van der Waals surface area contributed by atoms with Gasteiger partial charge in [-0.05, 0) is 19.1 Å². The SMILES string of the molecule is Cc1ccc(C(C)C(=O)C(C)C)s1. The largest absolute Gasteiger partial charge is 0.299 e. The quantitative estimate of drug-likeness (QED) is 0.724. The molecule has 0 aromatic carbocycles. The van der Waals surface area contributed by atoms with Crippen molar-refractivity contribution in [1.82, 2.24) is 0 Å². The molecule has 1 unspecified atom stereocenters. The lowest BCUT2D eigenvalue weighted by Crippen LogP contribution is -2.14. The molecule has 0 N–H and O–H groups in total. The molecular formula is C11H16OS. The number of carbonyl (C=O) groups excluding carboxylic acids is 1. The molecule has 2 heteroatoms. The summed E-state index contributed by atoms with van der Waals surface area (Å²) in [5, 5.41) is 0. The van der Waals surface area contributed by atoms with Crippen molar-refractivity contribution in [3.05, 3.63) is 21.9 Å². The van der Waals surface area contributed by atoms with Crippen molar-refractivity contribution in [3.8, 4) is 0 Å². The number of carbonyl (C=O) groups is 1. The Hall–Kier alpha value is -0.630. The second kappa shape index (κ2) is 4.05. The molecule has 0 amide bonds. The lowest BCUT2D eigenvalue weighted by molar-refractivity contribution is -0.122. The fourth-order valence-electron chi connectivity index (χ4n) is 1.33. The van der Waals surface area contributed by atoms with Crippen LogP contribution in [0.1, 0.15) is 36.4 Å². The number of hydrogen-bond donors (Lipinski definition) is 0. The van der Waals surface area contributed by atoms with Gasteiger partial charge in [-0.25, -0.2) is 0 Å². The second-order valence-corrected chi connectivity index (χ2v) is 5.05. The van der Waals surface area contributed by atoms with Gasteiger partial charge in [-0.2, -0.15) is 0 Å². The van der Waals surface area contributed by atoms with Crippen molar-refractivity contribution in [3.63, 3.8) is 0 Å². The molecule has 1 heterocycles. The second-order valence-electron chi connectivity index (χ2n) is 3.73. The van der Waals surface area contributed by atoms with Crippen LogP contribution in [0.4, 0.5) is 0 Å². The predicted molar refractivity (Wildman–Crippen MR) is 57.3 cm³/mol. The van der Waals surface area contributed by atoms with E-state index in [1.807, 2.05) is 20.8 Å². The van der Waals surface area contributed by atoms with Crippen LogP contribution in [0.3, 0.4) is 0 Å². The van der Waals surface area contributed by atoms with Gasteiger partial charge < -0.3 is 0 Å². The number of hydrogen-bond acceptors (Lipinski definition) is 2. The number of rotatable bonds is 3. The monoisotopic (exact) mass is 196 g/mol. The van der Waals surface area contributed by atoms with E-state index in [0.29, 0.717) is 5.78 Å². The van der Waals surface area contributed by atoms with Crippen molar-refractivity contribution >= 4 is 17.1 Å². The van der Waals surface area contributed by atoms with E-state index in [0.717, 1.165) is 0 Å². The summed E-state index contributed by atoms with van der Waals surface area (Å²) in [7, 11) is 0. The Balaban J connectivity index is 2.79. The topological polar surface area (TPSA) is 17.1 Å². The third-order valence-corrected chi connectivity index (χ3v) is 3.37. The molecule has 0 spiro atoms. The molecule has 72 valence electrons. The van der Waals surface area contributed by atoms with E-state index in [1.165, 1.54) is 9.75 Å². The van der Waals surface area contributed by atoms with Gasteiger partial charge in [0.15, 0.2) is 0 Å². The fraction of sp³-hybridized carbons (Fsp3) is 0.545. The van der Waals surface area contributed by atoms with Crippen molar-refractivity contribution in [2.75, 3.05) is 0 Å². The lowest BCUT2D eigenvalue weighted by atomic mass is 9.96. The Labute approximate surface area is 83.8 Å². The molecule has 0 bridgehead atoms. The highest BCUT2D eigenvalue weighted by atomic mass is 32.1. The van der Waals surface area contributed by atoms with Crippen LogP contribution in [0.5, 0.6) is 0 Å². The summed E-state index contributed by atoms with van der Waals surface area (Å²) < 4.78 is 0. The highest BCUT2D eigenvalue weighted by molar-refractivity contribution is 7.12. The average molecular weight is 196 g/mol. The first-order valence-electron chi connectivity index (χ1n) is 4.62. The molecule has 0 saturated heterocycles. The average Bonchev–Trinajstić information content (AvgIpc) is 2.49. The number of thiophene rings is 1. The summed E-state index contributed by atoms with van der Waals surface area (Å²) in [5.41, 5.74) is 0. The predicted octanol–water partition coefficient (Wildman–Crippen LogP) is 3.39. The first kappa shape index (κ1) is 10.5. The molecule has 0 saturated carbocycles. The lowest BCUT2D eigenvalue weighted by Gasteiger charge is -2.10. The highest BCUT2D eigenvalue weighted by Gasteiger charge is 2.19. The Bertz CT molecular complexity index is 299.